The van der Waals surface area contributed by atoms with Crippen LogP contribution in [0.4, 0.5) is 0 Å². The van der Waals surface area contributed by atoms with Crippen LogP contribution < -0.4 is 5.32 Å². The van der Waals surface area contributed by atoms with Gasteiger partial charge in [0.05, 0.1) is 10.2 Å². The van der Waals surface area contributed by atoms with E-state index in [1.54, 1.807) is 0 Å². The number of thioether (sulfide) groups is 1. The quantitative estimate of drug-likeness (QED) is 0.486. The monoisotopic (exact) mass is 197 g/mol. The van der Waals surface area contributed by atoms with Gasteiger partial charge in [-0.2, -0.15) is 0 Å². The highest BCUT2D eigenvalue weighted by Crippen LogP contribution is 2.20. The molecule has 1 aromatic heterocycles. The molecule has 1 heterocycles. The molecule has 0 N–H and O–H groups in total. The maximum Gasteiger partial charge on any atom is 0.0638 e. The second-order valence-electron chi connectivity index (χ2n) is 3.07. The van der Waals surface area contributed by atoms with E-state index in [1.165, 1.54) is 27.0 Å². The summed E-state index contributed by atoms with van der Waals surface area (Å²) in [4.78, 5) is 5.94. The second-order valence-corrected chi connectivity index (χ2v) is 4.83. The lowest BCUT2D eigenvalue weighted by Crippen LogP contribution is -2.15. The van der Waals surface area contributed by atoms with E-state index in [0.717, 1.165) is 10.2 Å². The maximum atomic E-state index is 4.55. The first-order chi connectivity index (χ1) is 5.57. The van der Waals surface area contributed by atoms with Gasteiger partial charge in [0.2, 0.25) is 0 Å². The minimum atomic E-state index is 1.05. The van der Waals surface area contributed by atoms with Crippen molar-refractivity contribution in [3.05, 3.63) is 16.8 Å². The molecule has 0 spiro atoms. The molecule has 1 rings (SSSR count). The molecule has 0 aromatic carbocycles. The van der Waals surface area contributed by atoms with Crippen LogP contribution in [0.2, 0.25) is 0 Å². The Morgan fingerprint density at radius 1 is 1.17 bits per heavy atom. The predicted molar refractivity (Wildman–Crippen MR) is 59.8 cm³/mol. The number of rotatable bonds is 1. The average molecular weight is 197 g/mol. The van der Waals surface area contributed by atoms with Crippen LogP contribution >= 0.6 is 11.8 Å². The number of hydrogen-bond donors (Lipinski definition) is 0. The topological polar surface area (TPSA) is 12.9 Å². The Hall–Kier alpha value is -0.283. The summed E-state index contributed by atoms with van der Waals surface area (Å²) in [5.41, 5.74) is 3.95. The highest BCUT2D eigenvalue weighted by Gasteiger charge is 2.07. The SMILES string of the molecule is CSc1c([SiH3])nc(C)c(C)c1C. The van der Waals surface area contributed by atoms with Crippen molar-refractivity contribution >= 4 is 27.3 Å². The van der Waals surface area contributed by atoms with Crippen molar-refractivity contribution in [2.24, 2.45) is 0 Å². The summed E-state index contributed by atoms with van der Waals surface area (Å²) in [7, 11) is 1.05. The van der Waals surface area contributed by atoms with Crippen LogP contribution in [0.3, 0.4) is 0 Å². The van der Waals surface area contributed by atoms with Crippen molar-refractivity contribution in [2.45, 2.75) is 25.7 Å². The van der Waals surface area contributed by atoms with Gasteiger partial charge < -0.3 is 0 Å². The summed E-state index contributed by atoms with van der Waals surface area (Å²) in [5, 5.41) is 1.29. The minimum absolute atomic E-state index is 1.05. The number of hydrogen-bond acceptors (Lipinski definition) is 2. The van der Waals surface area contributed by atoms with Gasteiger partial charge in [-0.25, -0.2) is 0 Å². The number of aryl methyl sites for hydroxylation is 1. The predicted octanol–water partition coefficient (Wildman–Crippen LogP) is 0.719. The van der Waals surface area contributed by atoms with Gasteiger partial charge >= 0.3 is 0 Å². The van der Waals surface area contributed by atoms with Gasteiger partial charge in [-0.05, 0) is 38.2 Å². The zero-order valence-electron chi connectivity index (χ0n) is 8.36. The normalized spacial score (nSPS) is 10.7. The lowest BCUT2D eigenvalue weighted by atomic mass is 10.1. The van der Waals surface area contributed by atoms with Gasteiger partial charge in [-0.1, -0.05) is 0 Å². The molecule has 0 fully saturated rings. The van der Waals surface area contributed by atoms with Gasteiger partial charge in [0.25, 0.3) is 0 Å². The smallest absolute Gasteiger partial charge is 0.0638 e. The van der Waals surface area contributed by atoms with E-state index in [-0.39, 0.29) is 0 Å². The Balaban J connectivity index is 3.40. The summed E-state index contributed by atoms with van der Waals surface area (Å²) >= 11 is 1.82. The maximum absolute atomic E-state index is 4.55. The van der Waals surface area contributed by atoms with Gasteiger partial charge in [0.15, 0.2) is 0 Å². The largest absolute Gasteiger partial charge is 0.263 e. The highest BCUT2D eigenvalue weighted by molar-refractivity contribution is 7.98. The molecule has 66 valence electrons. The van der Waals surface area contributed by atoms with Crippen molar-refractivity contribution in [1.29, 1.82) is 0 Å². The molecule has 0 unspecified atom stereocenters. The molecular weight excluding hydrogens is 182 g/mol. The van der Waals surface area contributed by atoms with E-state index in [4.69, 9.17) is 0 Å². The van der Waals surface area contributed by atoms with Crippen LogP contribution in [0.25, 0.3) is 0 Å². The van der Waals surface area contributed by atoms with Crippen molar-refractivity contribution < 1.29 is 0 Å². The van der Waals surface area contributed by atoms with Crippen LogP contribution in [0.1, 0.15) is 16.8 Å². The second kappa shape index (κ2) is 3.62. The van der Waals surface area contributed by atoms with Crippen molar-refractivity contribution in [2.75, 3.05) is 6.26 Å². The average Bonchev–Trinajstić information content (AvgIpc) is 2.01. The first-order valence-corrected chi connectivity index (χ1v) is 6.28. The fourth-order valence-corrected chi connectivity index (χ4v) is 3.52. The Morgan fingerprint density at radius 3 is 2.25 bits per heavy atom. The summed E-state index contributed by atoms with van der Waals surface area (Å²) in [5.74, 6) is 0. The van der Waals surface area contributed by atoms with Gasteiger partial charge in [-0.3, -0.25) is 4.98 Å². The third kappa shape index (κ3) is 1.57. The van der Waals surface area contributed by atoms with Crippen molar-refractivity contribution in [3.63, 3.8) is 0 Å². The molecule has 0 aliphatic carbocycles. The molecule has 0 saturated heterocycles. The molecule has 1 aromatic rings. The van der Waals surface area contributed by atoms with E-state index in [9.17, 15) is 0 Å². The Labute approximate surface area is 81.4 Å². The summed E-state index contributed by atoms with van der Waals surface area (Å²) in [6.07, 6.45) is 2.13. The first-order valence-electron chi connectivity index (χ1n) is 4.06. The fourth-order valence-electron chi connectivity index (χ4n) is 1.40. The standard InChI is InChI=1S/C9H15NSSi/c1-5-6(2)8(11-4)9(12)10-7(5)3/h1-4,12H3. The number of aromatic nitrogens is 1. The molecule has 1 nitrogen and oxygen atoms in total. The zero-order chi connectivity index (χ0) is 9.30. The molecule has 0 amide bonds. The van der Waals surface area contributed by atoms with E-state index < -0.39 is 0 Å². The number of pyridine rings is 1. The lowest BCUT2D eigenvalue weighted by Gasteiger charge is -2.11. The van der Waals surface area contributed by atoms with Crippen molar-refractivity contribution in [1.82, 2.24) is 4.98 Å². The molecule has 0 atom stereocenters. The van der Waals surface area contributed by atoms with E-state index in [0.29, 0.717) is 0 Å². The molecule has 0 bridgehead atoms. The lowest BCUT2D eigenvalue weighted by molar-refractivity contribution is 1.09. The zero-order valence-corrected chi connectivity index (χ0v) is 11.2. The highest BCUT2D eigenvalue weighted by atomic mass is 32.2. The van der Waals surface area contributed by atoms with Gasteiger partial charge in [-0.15, -0.1) is 11.8 Å². The summed E-state index contributed by atoms with van der Waals surface area (Å²) in [6.45, 7) is 6.43. The molecular formula is C9H15NSSi. The molecule has 0 saturated carbocycles. The Kier molecular flexibility index (Phi) is 2.96. The fraction of sp³-hybridized carbons (Fsp3) is 0.444. The van der Waals surface area contributed by atoms with E-state index >= 15 is 0 Å². The van der Waals surface area contributed by atoms with Crippen LogP contribution in [0.15, 0.2) is 4.90 Å². The van der Waals surface area contributed by atoms with Crippen LogP contribution in [-0.4, -0.2) is 21.5 Å². The summed E-state index contributed by atoms with van der Waals surface area (Å²) < 4.78 is 0. The molecule has 0 radical (unpaired) electrons. The number of nitrogens with zero attached hydrogens (tertiary/aromatic N) is 1. The van der Waals surface area contributed by atoms with Crippen LogP contribution in [0, 0.1) is 20.8 Å². The molecule has 0 aliphatic rings. The van der Waals surface area contributed by atoms with Crippen molar-refractivity contribution in [3.8, 4) is 0 Å². The van der Waals surface area contributed by atoms with Crippen LogP contribution in [0.5, 0.6) is 0 Å². The minimum Gasteiger partial charge on any atom is -0.263 e. The van der Waals surface area contributed by atoms with Gasteiger partial charge in [0.1, 0.15) is 0 Å². The van der Waals surface area contributed by atoms with Crippen LogP contribution in [-0.2, 0) is 0 Å². The summed E-state index contributed by atoms with van der Waals surface area (Å²) in [6, 6.07) is 0. The first kappa shape index (κ1) is 9.80. The molecule has 3 heteroatoms. The molecule has 0 aliphatic heterocycles. The van der Waals surface area contributed by atoms with Gasteiger partial charge in [0, 0.05) is 15.9 Å². The third-order valence-electron chi connectivity index (χ3n) is 2.31. The molecule has 12 heavy (non-hydrogen) atoms. The van der Waals surface area contributed by atoms with E-state index in [1.807, 2.05) is 11.8 Å². The third-order valence-corrected chi connectivity index (χ3v) is 4.41. The Morgan fingerprint density at radius 2 is 1.75 bits per heavy atom. The Bertz CT molecular complexity index is 310. The van der Waals surface area contributed by atoms with E-state index in [2.05, 4.69) is 32.0 Å².